The van der Waals surface area contributed by atoms with Crippen LogP contribution in [0.15, 0.2) is 42.5 Å². The number of benzene rings is 1. The van der Waals surface area contributed by atoms with Gasteiger partial charge < -0.3 is 4.90 Å². The number of aryl methyl sites for hydroxylation is 1. The predicted molar refractivity (Wildman–Crippen MR) is 99.6 cm³/mol. The van der Waals surface area contributed by atoms with Gasteiger partial charge in [-0.05, 0) is 37.6 Å². The molecule has 5 heteroatoms. The summed E-state index contributed by atoms with van der Waals surface area (Å²) in [6, 6.07) is 14.2. The first-order chi connectivity index (χ1) is 12.0. The number of para-hydroxylation sites is 1. The molecule has 2 nitrogen and oxygen atoms in total. The maximum atomic E-state index is 14.9. The summed E-state index contributed by atoms with van der Waals surface area (Å²) in [5, 5.41) is 0. The number of likely N-dealkylation sites (tertiary alicyclic amines) is 1. The van der Waals surface area contributed by atoms with Crippen molar-refractivity contribution in [3.63, 3.8) is 0 Å². The van der Waals surface area contributed by atoms with E-state index in [4.69, 9.17) is 0 Å². The molecule has 1 atom stereocenters. The third-order valence-corrected chi connectivity index (χ3v) is 6.68. The molecule has 134 valence electrons. The van der Waals surface area contributed by atoms with Gasteiger partial charge in [0.25, 0.3) is 5.92 Å². The number of anilines is 1. The first-order valence-corrected chi connectivity index (χ1v) is 9.75. The van der Waals surface area contributed by atoms with E-state index in [0.717, 1.165) is 12.2 Å². The highest BCUT2D eigenvalue weighted by Gasteiger charge is 2.59. The summed E-state index contributed by atoms with van der Waals surface area (Å²) in [7, 11) is 0. The Kier molecular flexibility index (Phi) is 4.32. The van der Waals surface area contributed by atoms with Crippen LogP contribution in [0.1, 0.15) is 22.6 Å². The Morgan fingerprint density at radius 3 is 2.52 bits per heavy atom. The average Bonchev–Trinajstić information content (AvgIpc) is 3.20. The predicted octanol–water partition coefficient (Wildman–Crippen LogP) is 4.79. The lowest BCUT2D eigenvalue weighted by molar-refractivity contribution is -0.158. The molecule has 0 aliphatic carbocycles. The Balaban J connectivity index is 1.52. The van der Waals surface area contributed by atoms with E-state index >= 15 is 0 Å². The van der Waals surface area contributed by atoms with Crippen LogP contribution in [-0.2, 0) is 6.54 Å². The second-order valence-corrected chi connectivity index (χ2v) is 8.84. The molecule has 2 saturated heterocycles. The van der Waals surface area contributed by atoms with Crippen molar-refractivity contribution in [3.05, 3.63) is 52.2 Å². The van der Waals surface area contributed by atoms with Gasteiger partial charge in [-0.1, -0.05) is 18.2 Å². The molecule has 1 unspecified atom stereocenters. The van der Waals surface area contributed by atoms with Gasteiger partial charge >= 0.3 is 0 Å². The number of hydrogen-bond acceptors (Lipinski definition) is 3. The number of hydrogen-bond donors (Lipinski definition) is 0. The molecule has 0 amide bonds. The van der Waals surface area contributed by atoms with Gasteiger partial charge in [-0.3, -0.25) is 4.90 Å². The van der Waals surface area contributed by atoms with Crippen LogP contribution in [0, 0.1) is 12.3 Å². The van der Waals surface area contributed by atoms with Crippen molar-refractivity contribution in [1.29, 1.82) is 0 Å². The molecule has 0 bridgehead atoms. The first-order valence-electron chi connectivity index (χ1n) is 8.93. The molecule has 1 aromatic carbocycles. The van der Waals surface area contributed by atoms with E-state index in [2.05, 4.69) is 28.9 Å². The molecule has 2 aromatic rings. The van der Waals surface area contributed by atoms with E-state index in [0.29, 0.717) is 32.6 Å². The number of piperidine rings is 1. The van der Waals surface area contributed by atoms with Gasteiger partial charge in [-0.2, -0.15) is 0 Å². The van der Waals surface area contributed by atoms with Crippen molar-refractivity contribution in [2.75, 3.05) is 31.1 Å². The molecule has 0 N–H and O–H groups in total. The number of alkyl halides is 2. The van der Waals surface area contributed by atoms with E-state index in [1.54, 1.807) is 11.3 Å². The van der Waals surface area contributed by atoms with Crippen molar-refractivity contribution in [3.8, 4) is 0 Å². The Morgan fingerprint density at radius 1 is 1.00 bits per heavy atom. The summed E-state index contributed by atoms with van der Waals surface area (Å²) in [5.41, 5.74) is 0.133. The fraction of sp³-hybridized carbons (Fsp3) is 0.500. The van der Waals surface area contributed by atoms with Crippen molar-refractivity contribution < 1.29 is 8.78 Å². The van der Waals surface area contributed by atoms with Gasteiger partial charge in [0.15, 0.2) is 0 Å². The van der Waals surface area contributed by atoms with Gasteiger partial charge in [-0.15, -0.1) is 11.3 Å². The minimum absolute atomic E-state index is 0.0278. The smallest absolute Gasteiger partial charge is 0.257 e. The minimum Gasteiger partial charge on any atom is -0.371 e. The molecule has 2 fully saturated rings. The number of halogens is 2. The number of rotatable bonds is 3. The van der Waals surface area contributed by atoms with Gasteiger partial charge in [0.05, 0.1) is 5.41 Å². The van der Waals surface area contributed by atoms with Crippen LogP contribution >= 0.6 is 11.3 Å². The molecule has 0 saturated carbocycles. The lowest BCUT2D eigenvalue weighted by atomic mass is 9.75. The quantitative estimate of drug-likeness (QED) is 0.774. The summed E-state index contributed by atoms with van der Waals surface area (Å²) in [6.45, 7) is 5.02. The maximum absolute atomic E-state index is 14.9. The molecule has 1 spiro atoms. The molecule has 2 aliphatic rings. The highest BCUT2D eigenvalue weighted by Crippen LogP contribution is 2.50. The van der Waals surface area contributed by atoms with Gasteiger partial charge in [-0.25, -0.2) is 8.78 Å². The molecule has 2 aliphatic heterocycles. The van der Waals surface area contributed by atoms with E-state index in [9.17, 15) is 8.78 Å². The molecule has 3 heterocycles. The molecule has 25 heavy (non-hydrogen) atoms. The standard InChI is InChI=1S/C20H24F2N2S/c1-16-7-8-18(25-16)13-23-11-10-20(21,22)19(14-23)9-12-24(15-19)17-5-3-2-4-6-17/h2-8H,9-15H2,1H3. The van der Waals surface area contributed by atoms with Crippen LogP contribution in [0.2, 0.25) is 0 Å². The lowest BCUT2D eigenvalue weighted by Gasteiger charge is -2.46. The van der Waals surface area contributed by atoms with Crippen molar-refractivity contribution in [1.82, 2.24) is 4.90 Å². The average molecular weight is 362 g/mol. The zero-order valence-corrected chi connectivity index (χ0v) is 15.4. The van der Waals surface area contributed by atoms with Gasteiger partial charge in [0.2, 0.25) is 0 Å². The number of nitrogens with zero attached hydrogens (tertiary/aromatic N) is 2. The zero-order chi connectivity index (χ0) is 17.5. The topological polar surface area (TPSA) is 6.48 Å². The van der Waals surface area contributed by atoms with E-state index in [1.807, 2.05) is 30.3 Å². The summed E-state index contributed by atoms with van der Waals surface area (Å²) >= 11 is 1.77. The third kappa shape index (κ3) is 3.20. The van der Waals surface area contributed by atoms with Crippen LogP contribution in [0.3, 0.4) is 0 Å². The highest BCUT2D eigenvalue weighted by atomic mass is 32.1. The fourth-order valence-corrected chi connectivity index (χ4v) is 5.20. The van der Waals surface area contributed by atoms with Crippen LogP contribution in [0.25, 0.3) is 0 Å². The SMILES string of the molecule is Cc1ccc(CN2CCC(F)(F)C3(CCN(c4ccccc4)C3)C2)s1. The second-order valence-electron chi connectivity index (χ2n) is 7.46. The zero-order valence-electron chi connectivity index (χ0n) is 14.5. The Morgan fingerprint density at radius 2 is 1.80 bits per heavy atom. The van der Waals surface area contributed by atoms with E-state index in [1.165, 1.54) is 9.75 Å². The largest absolute Gasteiger partial charge is 0.371 e. The highest BCUT2D eigenvalue weighted by molar-refractivity contribution is 7.11. The molecular weight excluding hydrogens is 338 g/mol. The summed E-state index contributed by atoms with van der Waals surface area (Å²) in [4.78, 5) is 6.92. The van der Waals surface area contributed by atoms with Gasteiger partial charge in [0, 0.05) is 54.6 Å². The van der Waals surface area contributed by atoms with Crippen molar-refractivity contribution in [2.24, 2.45) is 5.41 Å². The Hall–Kier alpha value is -1.46. The van der Waals surface area contributed by atoms with Crippen molar-refractivity contribution in [2.45, 2.75) is 32.2 Å². The molecule has 4 rings (SSSR count). The van der Waals surface area contributed by atoms with Crippen LogP contribution < -0.4 is 4.90 Å². The second kappa shape index (κ2) is 6.36. The lowest BCUT2D eigenvalue weighted by Crippen LogP contribution is -2.56. The Bertz CT molecular complexity index is 730. The fourth-order valence-electron chi connectivity index (χ4n) is 4.27. The van der Waals surface area contributed by atoms with E-state index < -0.39 is 11.3 Å². The van der Waals surface area contributed by atoms with Crippen LogP contribution in [0.5, 0.6) is 0 Å². The van der Waals surface area contributed by atoms with E-state index in [-0.39, 0.29) is 6.42 Å². The maximum Gasteiger partial charge on any atom is 0.257 e. The van der Waals surface area contributed by atoms with Crippen molar-refractivity contribution >= 4 is 17.0 Å². The monoisotopic (exact) mass is 362 g/mol. The summed E-state index contributed by atoms with van der Waals surface area (Å²) in [5.74, 6) is -2.58. The summed E-state index contributed by atoms with van der Waals surface area (Å²) < 4.78 is 29.8. The first kappa shape index (κ1) is 17.0. The number of thiophene rings is 1. The molecular formula is C20H24F2N2S. The third-order valence-electron chi connectivity index (χ3n) is 5.69. The molecule has 0 radical (unpaired) electrons. The Labute approximate surface area is 152 Å². The van der Waals surface area contributed by atoms with Gasteiger partial charge in [0.1, 0.15) is 0 Å². The summed E-state index contributed by atoms with van der Waals surface area (Å²) in [6.07, 6.45) is 0.537. The molecule has 1 aromatic heterocycles. The van der Waals surface area contributed by atoms with Crippen LogP contribution in [0.4, 0.5) is 14.5 Å². The van der Waals surface area contributed by atoms with Crippen LogP contribution in [-0.4, -0.2) is 37.0 Å². The minimum atomic E-state index is -2.58. The normalized spacial score (nSPS) is 26.4.